The van der Waals surface area contributed by atoms with Crippen LogP contribution >= 0.6 is 11.6 Å². The first-order valence-corrected chi connectivity index (χ1v) is 5.88. The van der Waals surface area contributed by atoms with Crippen LogP contribution in [0.25, 0.3) is 10.8 Å². The van der Waals surface area contributed by atoms with Gasteiger partial charge in [-0.3, -0.25) is 0 Å². The third kappa shape index (κ3) is 2.15. The number of halogens is 1. The van der Waals surface area contributed by atoms with Crippen molar-refractivity contribution in [2.24, 2.45) is 0 Å². The van der Waals surface area contributed by atoms with Crippen LogP contribution in [0.5, 0.6) is 0 Å². The van der Waals surface area contributed by atoms with Crippen LogP contribution in [-0.4, -0.2) is 0 Å². The molecule has 0 saturated carbocycles. The second kappa shape index (κ2) is 4.67. The predicted octanol–water partition coefficient (Wildman–Crippen LogP) is 4.92. The van der Waals surface area contributed by atoms with Gasteiger partial charge >= 0.3 is 0 Å². The Balaban J connectivity index is 2.50. The first-order valence-electron chi connectivity index (χ1n) is 5.44. The average Bonchev–Trinajstić information content (AvgIpc) is 2.28. The van der Waals surface area contributed by atoms with Gasteiger partial charge in [-0.05, 0) is 22.8 Å². The molecule has 0 radical (unpaired) electrons. The highest BCUT2D eigenvalue weighted by atomic mass is 35.5. The van der Waals surface area contributed by atoms with Gasteiger partial charge in [-0.2, -0.15) is 0 Å². The quantitative estimate of drug-likeness (QED) is 0.642. The van der Waals surface area contributed by atoms with Crippen LogP contribution in [-0.2, 0) is 0 Å². The summed E-state index contributed by atoms with van der Waals surface area (Å²) in [6, 6.07) is 14.8. The number of rotatable bonds is 3. The van der Waals surface area contributed by atoms with E-state index in [2.05, 4.69) is 49.4 Å². The van der Waals surface area contributed by atoms with Crippen molar-refractivity contribution in [1.82, 2.24) is 0 Å². The number of benzene rings is 2. The van der Waals surface area contributed by atoms with Crippen LogP contribution in [0.2, 0.25) is 0 Å². The molecule has 78 valence electrons. The summed E-state index contributed by atoms with van der Waals surface area (Å²) in [6.07, 6.45) is 2.16. The van der Waals surface area contributed by atoms with Crippen molar-refractivity contribution < 1.29 is 0 Å². The lowest BCUT2D eigenvalue weighted by Gasteiger charge is -2.11. The Kier molecular flexibility index (Phi) is 3.27. The molecule has 0 fully saturated rings. The van der Waals surface area contributed by atoms with E-state index in [1.54, 1.807) is 0 Å². The molecular formula is C14H15Cl. The highest BCUT2D eigenvalue weighted by Crippen LogP contribution is 2.31. The second-order valence-corrected chi connectivity index (χ2v) is 4.35. The molecule has 2 rings (SSSR count). The summed E-state index contributed by atoms with van der Waals surface area (Å²) in [6.45, 7) is 2.17. The zero-order valence-corrected chi connectivity index (χ0v) is 9.67. The lowest BCUT2D eigenvalue weighted by Crippen LogP contribution is -1.91. The van der Waals surface area contributed by atoms with Gasteiger partial charge in [0, 0.05) is 0 Å². The third-order valence-corrected chi connectivity index (χ3v) is 3.16. The van der Waals surface area contributed by atoms with E-state index in [0.717, 1.165) is 12.8 Å². The molecule has 0 aliphatic heterocycles. The van der Waals surface area contributed by atoms with E-state index in [1.165, 1.54) is 16.3 Å². The molecule has 0 aliphatic carbocycles. The molecule has 0 spiro atoms. The average molecular weight is 219 g/mol. The largest absolute Gasteiger partial charge is 0.118 e. The molecule has 0 saturated heterocycles. The van der Waals surface area contributed by atoms with Gasteiger partial charge in [0.15, 0.2) is 0 Å². The number of fused-ring (bicyclic) bond motifs is 1. The summed E-state index contributed by atoms with van der Waals surface area (Å²) in [5.41, 5.74) is 1.26. The monoisotopic (exact) mass is 218 g/mol. The molecule has 0 bridgehead atoms. The van der Waals surface area contributed by atoms with Gasteiger partial charge in [0.05, 0.1) is 5.38 Å². The fourth-order valence-electron chi connectivity index (χ4n) is 1.93. The molecule has 0 amide bonds. The minimum atomic E-state index is 0.140. The molecule has 0 N–H and O–H groups in total. The smallest absolute Gasteiger partial charge is 0.0591 e. The lowest BCUT2D eigenvalue weighted by molar-refractivity contribution is 0.774. The van der Waals surface area contributed by atoms with Crippen molar-refractivity contribution in [2.45, 2.75) is 25.1 Å². The number of alkyl halides is 1. The van der Waals surface area contributed by atoms with Gasteiger partial charge in [-0.25, -0.2) is 0 Å². The molecule has 0 aromatic heterocycles. The van der Waals surface area contributed by atoms with Gasteiger partial charge in [-0.1, -0.05) is 55.8 Å². The van der Waals surface area contributed by atoms with Crippen molar-refractivity contribution in [3.8, 4) is 0 Å². The first-order chi connectivity index (χ1) is 7.33. The van der Waals surface area contributed by atoms with Crippen molar-refractivity contribution in [3.63, 3.8) is 0 Å². The Morgan fingerprint density at radius 3 is 2.60 bits per heavy atom. The van der Waals surface area contributed by atoms with E-state index in [4.69, 9.17) is 11.6 Å². The van der Waals surface area contributed by atoms with Crippen molar-refractivity contribution in [2.75, 3.05) is 0 Å². The molecule has 1 heteroatoms. The molecule has 1 atom stereocenters. The Morgan fingerprint density at radius 1 is 1.07 bits per heavy atom. The van der Waals surface area contributed by atoms with Gasteiger partial charge in [0.2, 0.25) is 0 Å². The lowest BCUT2D eigenvalue weighted by atomic mass is 10.00. The predicted molar refractivity (Wildman–Crippen MR) is 67.5 cm³/mol. The fourth-order valence-corrected chi connectivity index (χ4v) is 2.34. The van der Waals surface area contributed by atoms with Crippen molar-refractivity contribution >= 4 is 22.4 Å². The van der Waals surface area contributed by atoms with E-state index in [-0.39, 0.29) is 5.38 Å². The van der Waals surface area contributed by atoms with Crippen LogP contribution in [0.4, 0.5) is 0 Å². The third-order valence-electron chi connectivity index (χ3n) is 2.70. The molecule has 1 unspecified atom stereocenters. The molecule has 0 aliphatic rings. The maximum Gasteiger partial charge on any atom is 0.0591 e. The Hall–Kier alpha value is -1.01. The summed E-state index contributed by atoms with van der Waals surface area (Å²) in [7, 11) is 0. The van der Waals surface area contributed by atoms with Gasteiger partial charge in [0.1, 0.15) is 0 Å². The van der Waals surface area contributed by atoms with Crippen LogP contribution in [0.15, 0.2) is 42.5 Å². The highest BCUT2D eigenvalue weighted by molar-refractivity contribution is 6.21. The summed E-state index contributed by atoms with van der Waals surface area (Å²) in [4.78, 5) is 0. The van der Waals surface area contributed by atoms with Crippen molar-refractivity contribution in [3.05, 3.63) is 48.0 Å². The zero-order chi connectivity index (χ0) is 10.7. The highest BCUT2D eigenvalue weighted by Gasteiger charge is 2.09. The Morgan fingerprint density at radius 2 is 1.80 bits per heavy atom. The minimum absolute atomic E-state index is 0.140. The Bertz CT molecular complexity index is 443. The zero-order valence-electron chi connectivity index (χ0n) is 8.91. The van der Waals surface area contributed by atoms with Gasteiger partial charge < -0.3 is 0 Å². The summed E-state index contributed by atoms with van der Waals surface area (Å²) in [5.74, 6) is 0. The molecule has 0 nitrogen and oxygen atoms in total. The number of hydrogen-bond donors (Lipinski definition) is 0. The Labute approximate surface area is 95.9 Å². The summed E-state index contributed by atoms with van der Waals surface area (Å²) in [5, 5.41) is 2.70. The van der Waals surface area contributed by atoms with Crippen LogP contribution in [0.3, 0.4) is 0 Å². The van der Waals surface area contributed by atoms with Gasteiger partial charge in [-0.15, -0.1) is 11.6 Å². The van der Waals surface area contributed by atoms with Crippen LogP contribution in [0, 0.1) is 0 Å². The maximum atomic E-state index is 6.39. The standard InChI is InChI=1S/C14H15Cl/c1-2-6-14(15)13-10-5-8-11-7-3-4-9-12(11)13/h3-5,7-10,14H,2,6H2,1H3. The van der Waals surface area contributed by atoms with E-state index < -0.39 is 0 Å². The van der Waals surface area contributed by atoms with Gasteiger partial charge in [0.25, 0.3) is 0 Å². The van der Waals surface area contributed by atoms with Crippen LogP contribution < -0.4 is 0 Å². The minimum Gasteiger partial charge on any atom is -0.118 e. The topological polar surface area (TPSA) is 0 Å². The SMILES string of the molecule is CCCC(Cl)c1cccc2ccccc12. The van der Waals surface area contributed by atoms with E-state index in [1.807, 2.05) is 0 Å². The summed E-state index contributed by atoms with van der Waals surface area (Å²) >= 11 is 6.39. The second-order valence-electron chi connectivity index (χ2n) is 3.82. The maximum absolute atomic E-state index is 6.39. The molecule has 2 aromatic rings. The number of hydrogen-bond acceptors (Lipinski definition) is 0. The molecule has 0 heterocycles. The van der Waals surface area contributed by atoms with Crippen LogP contribution in [0.1, 0.15) is 30.7 Å². The molecular weight excluding hydrogens is 204 g/mol. The van der Waals surface area contributed by atoms with E-state index in [9.17, 15) is 0 Å². The molecule has 15 heavy (non-hydrogen) atoms. The first kappa shape index (κ1) is 10.5. The summed E-state index contributed by atoms with van der Waals surface area (Å²) < 4.78 is 0. The molecule has 2 aromatic carbocycles. The van der Waals surface area contributed by atoms with E-state index >= 15 is 0 Å². The fraction of sp³-hybridized carbons (Fsp3) is 0.286. The van der Waals surface area contributed by atoms with E-state index in [0.29, 0.717) is 0 Å². The van der Waals surface area contributed by atoms with Crippen molar-refractivity contribution in [1.29, 1.82) is 0 Å². The normalized spacial score (nSPS) is 12.9.